The van der Waals surface area contributed by atoms with Crippen molar-refractivity contribution in [3.8, 4) is 0 Å². The first-order valence-corrected chi connectivity index (χ1v) is 7.12. The first-order valence-electron chi connectivity index (χ1n) is 5.64. The van der Waals surface area contributed by atoms with Crippen LogP contribution in [0.5, 0.6) is 0 Å². The molecule has 0 fully saturated rings. The second-order valence-electron chi connectivity index (χ2n) is 4.11. The Balaban J connectivity index is 2.30. The van der Waals surface area contributed by atoms with Gasteiger partial charge in [0.15, 0.2) is 0 Å². The summed E-state index contributed by atoms with van der Waals surface area (Å²) in [5.41, 5.74) is 2.87. The smallest absolute Gasteiger partial charge is 0.263 e. The lowest BCUT2D eigenvalue weighted by atomic mass is 10.2. The fraction of sp³-hybridized carbons (Fsp3) is 0.0833. The van der Waals surface area contributed by atoms with E-state index >= 15 is 0 Å². The number of anilines is 2. The van der Waals surface area contributed by atoms with E-state index < -0.39 is 15.8 Å². The summed E-state index contributed by atoms with van der Waals surface area (Å²) in [6.07, 6.45) is 1.13. The summed E-state index contributed by atoms with van der Waals surface area (Å²) in [5.74, 6) is 4.83. The van der Waals surface area contributed by atoms with Crippen LogP contribution in [0.4, 0.5) is 15.9 Å². The van der Waals surface area contributed by atoms with E-state index in [1.807, 2.05) is 0 Å². The van der Waals surface area contributed by atoms with Crippen molar-refractivity contribution in [1.82, 2.24) is 4.98 Å². The van der Waals surface area contributed by atoms with Gasteiger partial charge in [-0.2, -0.15) is 0 Å². The van der Waals surface area contributed by atoms with Crippen molar-refractivity contribution in [2.24, 2.45) is 5.84 Å². The van der Waals surface area contributed by atoms with Gasteiger partial charge in [0.05, 0.1) is 5.69 Å². The van der Waals surface area contributed by atoms with Crippen molar-refractivity contribution in [3.05, 3.63) is 47.9 Å². The molecule has 20 heavy (non-hydrogen) atoms. The van der Waals surface area contributed by atoms with Crippen LogP contribution in [0.3, 0.4) is 0 Å². The Labute approximate surface area is 115 Å². The summed E-state index contributed by atoms with van der Waals surface area (Å²) in [5, 5.41) is 0. The Morgan fingerprint density at radius 2 is 2.00 bits per heavy atom. The van der Waals surface area contributed by atoms with Crippen LogP contribution in [-0.4, -0.2) is 13.4 Å². The number of halogens is 1. The summed E-state index contributed by atoms with van der Waals surface area (Å²) >= 11 is 0. The van der Waals surface area contributed by atoms with Crippen LogP contribution in [0.15, 0.2) is 41.4 Å². The SMILES string of the molecule is Cc1ccc(NS(=O)(=O)c2ccc(NN)nc2)c(F)c1. The number of benzene rings is 1. The van der Waals surface area contributed by atoms with Crippen LogP contribution < -0.4 is 16.0 Å². The van der Waals surface area contributed by atoms with E-state index in [9.17, 15) is 12.8 Å². The molecule has 4 N–H and O–H groups in total. The molecule has 0 amide bonds. The molecule has 106 valence electrons. The van der Waals surface area contributed by atoms with E-state index in [2.05, 4.69) is 15.1 Å². The van der Waals surface area contributed by atoms with Crippen LogP contribution >= 0.6 is 0 Å². The van der Waals surface area contributed by atoms with Crippen molar-refractivity contribution in [2.75, 3.05) is 10.1 Å². The van der Waals surface area contributed by atoms with Crippen LogP contribution in [-0.2, 0) is 10.0 Å². The van der Waals surface area contributed by atoms with Gasteiger partial charge in [-0.05, 0) is 36.8 Å². The quantitative estimate of drug-likeness (QED) is 0.588. The number of rotatable bonds is 4. The number of hydrogen-bond acceptors (Lipinski definition) is 5. The van der Waals surface area contributed by atoms with E-state index in [1.54, 1.807) is 13.0 Å². The van der Waals surface area contributed by atoms with E-state index in [4.69, 9.17) is 5.84 Å². The molecule has 2 aromatic rings. The summed E-state index contributed by atoms with van der Waals surface area (Å²) in [6, 6.07) is 6.94. The minimum atomic E-state index is -3.89. The lowest BCUT2D eigenvalue weighted by molar-refractivity contribution is 0.598. The summed E-state index contributed by atoms with van der Waals surface area (Å²) in [7, 11) is -3.89. The molecule has 0 bridgehead atoms. The minimum Gasteiger partial charge on any atom is -0.308 e. The number of sulfonamides is 1. The molecule has 6 nitrogen and oxygen atoms in total. The maximum atomic E-state index is 13.6. The van der Waals surface area contributed by atoms with Gasteiger partial charge in [-0.1, -0.05) is 6.07 Å². The molecule has 1 aromatic carbocycles. The van der Waals surface area contributed by atoms with Crippen molar-refractivity contribution >= 4 is 21.5 Å². The van der Waals surface area contributed by atoms with Crippen LogP contribution in [0.2, 0.25) is 0 Å². The lowest BCUT2D eigenvalue weighted by Crippen LogP contribution is -2.15. The monoisotopic (exact) mass is 296 g/mol. The molecule has 0 aliphatic carbocycles. The molecule has 0 radical (unpaired) electrons. The minimum absolute atomic E-state index is 0.0866. The number of hydrogen-bond donors (Lipinski definition) is 3. The normalized spacial score (nSPS) is 11.2. The highest BCUT2D eigenvalue weighted by Crippen LogP contribution is 2.20. The third kappa shape index (κ3) is 3.03. The Morgan fingerprint density at radius 3 is 2.55 bits per heavy atom. The predicted molar refractivity (Wildman–Crippen MR) is 74.0 cm³/mol. The molecule has 2 rings (SSSR count). The zero-order valence-corrected chi connectivity index (χ0v) is 11.4. The molecule has 0 unspecified atom stereocenters. The molecule has 0 spiro atoms. The van der Waals surface area contributed by atoms with E-state index in [0.717, 1.165) is 6.20 Å². The van der Waals surface area contributed by atoms with Gasteiger partial charge < -0.3 is 5.43 Å². The standard InChI is InChI=1S/C12H13FN4O2S/c1-8-2-4-11(10(13)6-8)17-20(18,19)9-3-5-12(16-14)15-7-9/h2-7,17H,14H2,1H3,(H,15,16). The van der Waals surface area contributed by atoms with E-state index in [0.29, 0.717) is 11.4 Å². The number of nitrogens with two attached hydrogens (primary N) is 1. The zero-order valence-electron chi connectivity index (χ0n) is 10.6. The number of nitrogen functional groups attached to an aromatic ring is 1. The topological polar surface area (TPSA) is 97.1 Å². The van der Waals surface area contributed by atoms with Crippen molar-refractivity contribution in [1.29, 1.82) is 0 Å². The van der Waals surface area contributed by atoms with Crippen LogP contribution in [0.25, 0.3) is 0 Å². The highest BCUT2D eigenvalue weighted by Gasteiger charge is 2.16. The number of nitrogens with one attached hydrogen (secondary N) is 2. The maximum Gasteiger partial charge on any atom is 0.263 e. The fourth-order valence-electron chi connectivity index (χ4n) is 1.53. The van der Waals surface area contributed by atoms with Crippen molar-refractivity contribution in [2.45, 2.75) is 11.8 Å². The van der Waals surface area contributed by atoms with E-state index in [1.165, 1.54) is 24.3 Å². The zero-order chi connectivity index (χ0) is 14.8. The van der Waals surface area contributed by atoms with Gasteiger partial charge in [-0.3, -0.25) is 4.72 Å². The van der Waals surface area contributed by atoms with Gasteiger partial charge in [0.2, 0.25) is 0 Å². The predicted octanol–water partition coefficient (Wildman–Crippen LogP) is 1.62. The molecule has 0 saturated carbocycles. The fourth-order valence-corrected chi connectivity index (χ4v) is 2.54. The first-order chi connectivity index (χ1) is 9.42. The van der Waals surface area contributed by atoms with Gasteiger partial charge in [0.25, 0.3) is 10.0 Å². The molecular formula is C12H13FN4O2S. The summed E-state index contributed by atoms with van der Waals surface area (Å²) in [4.78, 5) is 3.71. The Bertz CT molecular complexity index is 717. The molecule has 0 atom stereocenters. The Morgan fingerprint density at radius 1 is 1.25 bits per heavy atom. The summed E-state index contributed by atoms with van der Waals surface area (Å²) < 4.78 is 40.0. The number of aryl methyl sites for hydroxylation is 1. The third-order valence-electron chi connectivity index (χ3n) is 2.56. The van der Waals surface area contributed by atoms with E-state index in [-0.39, 0.29) is 10.6 Å². The number of nitrogens with zero attached hydrogens (tertiary/aromatic N) is 1. The highest BCUT2D eigenvalue weighted by atomic mass is 32.2. The highest BCUT2D eigenvalue weighted by molar-refractivity contribution is 7.92. The second kappa shape index (κ2) is 5.43. The Kier molecular flexibility index (Phi) is 3.86. The van der Waals surface area contributed by atoms with Gasteiger partial charge in [-0.25, -0.2) is 23.6 Å². The lowest BCUT2D eigenvalue weighted by Gasteiger charge is -2.09. The molecular weight excluding hydrogens is 283 g/mol. The second-order valence-corrected chi connectivity index (χ2v) is 5.79. The third-order valence-corrected chi connectivity index (χ3v) is 3.91. The van der Waals surface area contributed by atoms with Gasteiger partial charge in [0.1, 0.15) is 16.5 Å². The van der Waals surface area contributed by atoms with Gasteiger partial charge >= 0.3 is 0 Å². The maximum absolute atomic E-state index is 13.6. The number of pyridine rings is 1. The molecule has 1 aromatic heterocycles. The van der Waals surface area contributed by atoms with Crippen LogP contribution in [0, 0.1) is 12.7 Å². The molecule has 0 aliphatic heterocycles. The molecule has 1 heterocycles. The molecule has 0 aliphatic rings. The van der Waals surface area contributed by atoms with Gasteiger partial charge in [-0.15, -0.1) is 0 Å². The largest absolute Gasteiger partial charge is 0.308 e. The number of aromatic nitrogens is 1. The average Bonchev–Trinajstić information content (AvgIpc) is 2.42. The molecule has 0 saturated heterocycles. The van der Waals surface area contributed by atoms with Gasteiger partial charge in [0, 0.05) is 6.20 Å². The molecule has 8 heteroatoms. The Hall–Kier alpha value is -2.19. The number of hydrazine groups is 1. The van der Waals surface area contributed by atoms with Crippen LogP contribution in [0.1, 0.15) is 5.56 Å². The first kappa shape index (κ1) is 14.2. The average molecular weight is 296 g/mol. The van der Waals surface area contributed by atoms with Crippen molar-refractivity contribution < 1.29 is 12.8 Å². The van der Waals surface area contributed by atoms with Crippen molar-refractivity contribution in [3.63, 3.8) is 0 Å². The summed E-state index contributed by atoms with van der Waals surface area (Å²) in [6.45, 7) is 1.71.